The van der Waals surface area contributed by atoms with Gasteiger partial charge in [-0.2, -0.15) is 0 Å². The highest BCUT2D eigenvalue weighted by Gasteiger charge is 2.29. The zero-order chi connectivity index (χ0) is 20.2. The predicted molar refractivity (Wildman–Crippen MR) is 113 cm³/mol. The number of imidazole rings is 1. The third-order valence-corrected chi connectivity index (χ3v) is 5.95. The molecule has 4 heterocycles. The highest BCUT2D eigenvalue weighted by Crippen LogP contribution is 2.33. The Balaban J connectivity index is 1.43. The van der Waals surface area contributed by atoms with E-state index >= 15 is 0 Å². The molecule has 0 saturated carbocycles. The van der Waals surface area contributed by atoms with E-state index in [0.29, 0.717) is 0 Å². The molecule has 3 aromatic heterocycles. The van der Waals surface area contributed by atoms with E-state index in [0.717, 1.165) is 67.6 Å². The molecule has 29 heavy (non-hydrogen) atoms. The van der Waals surface area contributed by atoms with Gasteiger partial charge in [0, 0.05) is 49.9 Å². The number of aryl methyl sites for hydroxylation is 2. The largest absolute Gasteiger partial charge is 0.353 e. The minimum atomic E-state index is -0.0414. The molecule has 0 unspecified atom stereocenters. The summed E-state index contributed by atoms with van der Waals surface area (Å²) in [4.78, 5) is 28.0. The first-order valence-electron chi connectivity index (χ1n) is 10.4. The SMILES string of the molecule is Cn1cnc2ncnc(N3CCN(c4nc(C(C)(C)C)nc5c4CCC5)CC3)c21. The monoisotopic (exact) mass is 392 g/mol. The minimum Gasteiger partial charge on any atom is -0.353 e. The van der Waals surface area contributed by atoms with Crippen LogP contribution >= 0.6 is 0 Å². The molecule has 1 aliphatic carbocycles. The number of piperazine rings is 1. The summed E-state index contributed by atoms with van der Waals surface area (Å²) in [6.07, 6.45) is 6.77. The summed E-state index contributed by atoms with van der Waals surface area (Å²) < 4.78 is 2.00. The summed E-state index contributed by atoms with van der Waals surface area (Å²) in [5, 5.41) is 0. The van der Waals surface area contributed by atoms with E-state index in [4.69, 9.17) is 9.97 Å². The molecule has 0 radical (unpaired) electrons. The first kappa shape index (κ1) is 18.3. The van der Waals surface area contributed by atoms with Gasteiger partial charge in [-0.3, -0.25) is 0 Å². The Labute approximate surface area is 171 Å². The van der Waals surface area contributed by atoms with Crippen LogP contribution in [0.1, 0.15) is 44.3 Å². The molecule has 8 nitrogen and oxygen atoms in total. The summed E-state index contributed by atoms with van der Waals surface area (Å²) in [7, 11) is 2.00. The van der Waals surface area contributed by atoms with Crippen LogP contribution in [0, 0.1) is 0 Å². The molecule has 0 amide bonds. The number of anilines is 2. The van der Waals surface area contributed by atoms with Gasteiger partial charge in [-0.15, -0.1) is 0 Å². The van der Waals surface area contributed by atoms with Crippen molar-refractivity contribution in [3.8, 4) is 0 Å². The molecule has 1 aliphatic heterocycles. The van der Waals surface area contributed by atoms with E-state index in [9.17, 15) is 0 Å². The van der Waals surface area contributed by atoms with Gasteiger partial charge < -0.3 is 14.4 Å². The summed E-state index contributed by atoms with van der Waals surface area (Å²) in [6.45, 7) is 10.2. The number of rotatable bonds is 2. The Hall–Kier alpha value is -2.77. The van der Waals surface area contributed by atoms with Crippen molar-refractivity contribution < 1.29 is 0 Å². The normalized spacial score (nSPS) is 17.2. The van der Waals surface area contributed by atoms with Crippen LogP contribution in [0.4, 0.5) is 11.6 Å². The number of aromatic nitrogens is 6. The molecule has 0 spiro atoms. The van der Waals surface area contributed by atoms with Gasteiger partial charge >= 0.3 is 0 Å². The summed E-state index contributed by atoms with van der Waals surface area (Å²) in [6, 6.07) is 0. The van der Waals surface area contributed by atoms with Crippen LogP contribution in [0.2, 0.25) is 0 Å². The Bertz CT molecular complexity index is 1060. The fourth-order valence-corrected chi connectivity index (χ4v) is 4.34. The van der Waals surface area contributed by atoms with Crippen LogP contribution in [-0.2, 0) is 25.3 Å². The third-order valence-electron chi connectivity index (χ3n) is 5.95. The molecular formula is C21H28N8. The summed E-state index contributed by atoms with van der Waals surface area (Å²) >= 11 is 0. The molecule has 0 bridgehead atoms. The van der Waals surface area contributed by atoms with Gasteiger partial charge in [0.05, 0.1) is 6.33 Å². The van der Waals surface area contributed by atoms with Crippen LogP contribution in [0.15, 0.2) is 12.7 Å². The number of nitrogens with zero attached hydrogens (tertiary/aromatic N) is 8. The molecule has 0 aromatic carbocycles. The molecule has 1 fully saturated rings. The van der Waals surface area contributed by atoms with Crippen molar-refractivity contribution in [2.75, 3.05) is 36.0 Å². The lowest BCUT2D eigenvalue weighted by atomic mass is 9.95. The van der Waals surface area contributed by atoms with E-state index < -0.39 is 0 Å². The lowest BCUT2D eigenvalue weighted by Crippen LogP contribution is -2.47. The molecule has 1 saturated heterocycles. The smallest absolute Gasteiger partial charge is 0.182 e. The van der Waals surface area contributed by atoms with Crippen molar-refractivity contribution in [3.63, 3.8) is 0 Å². The van der Waals surface area contributed by atoms with Crippen molar-refractivity contribution >= 4 is 22.8 Å². The molecule has 5 rings (SSSR count). The Morgan fingerprint density at radius 3 is 2.31 bits per heavy atom. The van der Waals surface area contributed by atoms with Gasteiger partial charge in [0.15, 0.2) is 11.5 Å². The van der Waals surface area contributed by atoms with Gasteiger partial charge in [0.1, 0.15) is 23.5 Å². The zero-order valence-corrected chi connectivity index (χ0v) is 17.7. The second kappa shape index (κ2) is 6.64. The average molecular weight is 393 g/mol. The Morgan fingerprint density at radius 2 is 1.59 bits per heavy atom. The molecule has 8 heteroatoms. The van der Waals surface area contributed by atoms with E-state index in [1.807, 2.05) is 11.6 Å². The maximum atomic E-state index is 5.05. The molecule has 3 aromatic rings. The summed E-state index contributed by atoms with van der Waals surface area (Å²) in [5.41, 5.74) is 4.33. The van der Waals surface area contributed by atoms with Crippen LogP contribution in [-0.4, -0.2) is 55.7 Å². The fourth-order valence-electron chi connectivity index (χ4n) is 4.34. The van der Waals surface area contributed by atoms with Crippen LogP contribution < -0.4 is 9.80 Å². The fraction of sp³-hybridized carbons (Fsp3) is 0.571. The quantitative estimate of drug-likeness (QED) is 0.662. The number of fused-ring (bicyclic) bond motifs is 2. The van der Waals surface area contributed by atoms with Crippen molar-refractivity contribution in [2.24, 2.45) is 7.05 Å². The van der Waals surface area contributed by atoms with E-state index in [1.165, 1.54) is 17.7 Å². The van der Waals surface area contributed by atoms with Gasteiger partial charge in [0.2, 0.25) is 0 Å². The standard InChI is InChI=1S/C21H28N8/c1-21(2,3)20-25-15-7-5-6-14(15)18(26-20)28-8-10-29(11-9-28)19-16-17(22-12-23-19)24-13-27(16)4/h12-13H,5-11H2,1-4H3. The first-order chi connectivity index (χ1) is 13.9. The summed E-state index contributed by atoms with van der Waals surface area (Å²) in [5.74, 6) is 3.09. The Kier molecular flexibility index (Phi) is 4.18. The molecular weight excluding hydrogens is 364 g/mol. The molecule has 0 N–H and O–H groups in total. The highest BCUT2D eigenvalue weighted by atomic mass is 15.3. The third kappa shape index (κ3) is 3.10. The highest BCUT2D eigenvalue weighted by molar-refractivity contribution is 5.83. The predicted octanol–water partition coefficient (Wildman–Crippen LogP) is 2.27. The first-order valence-corrected chi connectivity index (χ1v) is 10.4. The molecule has 2 aliphatic rings. The van der Waals surface area contributed by atoms with E-state index in [2.05, 4.69) is 45.5 Å². The second-order valence-electron chi connectivity index (χ2n) is 9.10. The maximum Gasteiger partial charge on any atom is 0.182 e. The Morgan fingerprint density at radius 1 is 0.862 bits per heavy atom. The number of hydrogen-bond acceptors (Lipinski definition) is 7. The van der Waals surface area contributed by atoms with Gasteiger partial charge in [0.25, 0.3) is 0 Å². The van der Waals surface area contributed by atoms with Crippen LogP contribution in [0.25, 0.3) is 11.2 Å². The van der Waals surface area contributed by atoms with Crippen molar-refractivity contribution in [2.45, 2.75) is 45.4 Å². The average Bonchev–Trinajstić information content (AvgIpc) is 3.33. The van der Waals surface area contributed by atoms with Crippen molar-refractivity contribution in [1.29, 1.82) is 0 Å². The van der Waals surface area contributed by atoms with Crippen LogP contribution in [0.3, 0.4) is 0 Å². The molecule has 0 atom stereocenters. The lowest BCUT2D eigenvalue weighted by Gasteiger charge is -2.37. The molecule has 152 valence electrons. The maximum absolute atomic E-state index is 5.05. The van der Waals surface area contributed by atoms with Crippen molar-refractivity contribution in [3.05, 3.63) is 29.7 Å². The minimum absolute atomic E-state index is 0.0414. The van der Waals surface area contributed by atoms with Crippen LogP contribution in [0.5, 0.6) is 0 Å². The lowest BCUT2D eigenvalue weighted by molar-refractivity contribution is 0.538. The van der Waals surface area contributed by atoms with E-state index in [1.54, 1.807) is 12.7 Å². The topological polar surface area (TPSA) is 75.9 Å². The van der Waals surface area contributed by atoms with Gasteiger partial charge in [-0.25, -0.2) is 24.9 Å². The van der Waals surface area contributed by atoms with Gasteiger partial charge in [-0.1, -0.05) is 20.8 Å². The zero-order valence-electron chi connectivity index (χ0n) is 17.7. The second-order valence-corrected chi connectivity index (χ2v) is 9.10. The van der Waals surface area contributed by atoms with E-state index in [-0.39, 0.29) is 5.41 Å². The van der Waals surface area contributed by atoms with Crippen molar-refractivity contribution in [1.82, 2.24) is 29.5 Å². The number of hydrogen-bond donors (Lipinski definition) is 0. The van der Waals surface area contributed by atoms with Gasteiger partial charge in [-0.05, 0) is 19.3 Å².